The molecule has 0 unspecified atom stereocenters. The van der Waals surface area contributed by atoms with Gasteiger partial charge in [-0.2, -0.15) is 0 Å². The second-order valence-corrected chi connectivity index (χ2v) is 6.22. The van der Waals surface area contributed by atoms with Gasteiger partial charge in [0.25, 0.3) is 0 Å². The Bertz CT molecular complexity index is 201. The van der Waals surface area contributed by atoms with E-state index in [4.69, 9.17) is 4.74 Å². The maximum atomic E-state index is 11.5. The van der Waals surface area contributed by atoms with Crippen molar-refractivity contribution in [1.29, 1.82) is 0 Å². The molecule has 96 valence electrons. The Balaban J connectivity index is 3.56. The van der Waals surface area contributed by atoms with Crippen LogP contribution in [0.4, 0.5) is 0 Å². The molecule has 0 N–H and O–H groups in total. The molecule has 0 aliphatic carbocycles. The Hall–Kier alpha value is -0.530. The van der Waals surface area contributed by atoms with Crippen LogP contribution >= 0.6 is 0 Å². The first-order chi connectivity index (χ1) is 7.24. The van der Waals surface area contributed by atoms with Gasteiger partial charge in [0.1, 0.15) is 0 Å². The van der Waals surface area contributed by atoms with Gasteiger partial charge in [0.05, 0.1) is 12.5 Å². The highest BCUT2D eigenvalue weighted by Gasteiger charge is 2.17. The average Bonchev–Trinajstić information content (AvgIpc) is 2.13. The Kier molecular flexibility index (Phi) is 6.70. The highest BCUT2D eigenvalue weighted by atomic mass is 16.5. The van der Waals surface area contributed by atoms with Gasteiger partial charge in [0.2, 0.25) is 0 Å². The number of ether oxygens (including phenoxy) is 1. The van der Waals surface area contributed by atoms with Crippen molar-refractivity contribution >= 4 is 5.97 Å². The van der Waals surface area contributed by atoms with Gasteiger partial charge >= 0.3 is 5.97 Å². The first-order valence-electron chi connectivity index (χ1n) is 6.40. The summed E-state index contributed by atoms with van der Waals surface area (Å²) in [6.07, 6.45) is 3.30. The molecule has 0 spiro atoms. The van der Waals surface area contributed by atoms with E-state index in [1.54, 1.807) is 0 Å². The molecule has 2 nitrogen and oxygen atoms in total. The molecule has 0 heterocycles. The second-order valence-electron chi connectivity index (χ2n) is 6.22. The maximum absolute atomic E-state index is 11.5. The van der Waals surface area contributed by atoms with Crippen LogP contribution in [-0.2, 0) is 9.53 Å². The van der Waals surface area contributed by atoms with Crippen molar-refractivity contribution < 1.29 is 9.53 Å². The summed E-state index contributed by atoms with van der Waals surface area (Å²) in [6, 6.07) is 0. The molecule has 1 atom stereocenters. The van der Waals surface area contributed by atoms with Crippen LogP contribution in [0.5, 0.6) is 0 Å². The minimum absolute atomic E-state index is 0.0163. The minimum Gasteiger partial charge on any atom is -0.465 e. The van der Waals surface area contributed by atoms with Gasteiger partial charge in [-0.05, 0) is 30.6 Å². The molecule has 0 saturated heterocycles. The highest BCUT2D eigenvalue weighted by molar-refractivity contribution is 5.72. The Morgan fingerprint density at radius 1 is 1.12 bits per heavy atom. The summed E-state index contributed by atoms with van der Waals surface area (Å²) in [5.41, 5.74) is 0.384. The molecule has 16 heavy (non-hydrogen) atoms. The molecule has 0 aliphatic heterocycles. The van der Waals surface area contributed by atoms with Crippen molar-refractivity contribution in [3.05, 3.63) is 0 Å². The highest BCUT2D eigenvalue weighted by Crippen LogP contribution is 2.21. The normalized spacial score (nSPS) is 13.9. The van der Waals surface area contributed by atoms with E-state index in [1.807, 2.05) is 20.8 Å². The fourth-order valence-corrected chi connectivity index (χ4v) is 1.33. The second kappa shape index (κ2) is 6.93. The lowest BCUT2D eigenvalue weighted by Crippen LogP contribution is -2.20. The predicted octanol–water partition coefficient (Wildman–Crippen LogP) is 4.04. The topological polar surface area (TPSA) is 26.3 Å². The fourth-order valence-electron chi connectivity index (χ4n) is 1.33. The third-order valence-electron chi connectivity index (χ3n) is 2.94. The van der Waals surface area contributed by atoms with Crippen molar-refractivity contribution in [1.82, 2.24) is 0 Å². The standard InChI is InChI=1S/C14H28O2/c1-11(2)12(3)13(15)16-10-8-7-9-14(4,5)6/h11-12H,7-10H2,1-6H3/t12-/m0/s1. The number of carbonyl (C=O) groups excluding carboxylic acids is 1. The Morgan fingerprint density at radius 3 is 2.12 bits per heavy atom. The van der Waals surface area contributed by atoms with Crippen LogP contribution in [0, 0.1) is 17.3 Å². The van der Waals surface area contributed by atoms with E-state index in [0.29, 0.717) is 17.9 Å². The number of hydrogen-bond donors (Lipinski definition) is 0. The van der Waals surface area contributed by atoms with E-state index in [0.717, 1.165) is 12.8 Å². The van der Waals surface area contributed by atoms with E-state index in [1.165, 1.54) is 6.42 Å². The third-order valence-corrected chi connectivity index (χ3v) is 2.94. The number of hydrogen-bond acceptors (Lipinski definition) is 2. The first kappa shape index (κ1) is 15.5. The lowest BCUT2D eigenvalue weighted by molar-refractivity contribution is -0.149. The number of carbonyl (C=O) groups is 1. The summed E-state index contributed by atoms with van der Waals surface area (Å²) in [5, 5.41) is 0. The van der Waals surface area contributed by atoms with Crippen molar-refractivity contribution in [3.8, 4) is 0 Å². The summed E-state index contributed by atoms with van der Waals surface area (Å²) < 4.78 is 5.24. The monoisotopic (exact) mass is 228 g/mol. The van der Waals surface area contributed by atoms with Crippen molar-refractivity contribution in [2.24, 2.45) is 17.3 Å². The van der Waals surface area contributed by atoms with Crippen LogP contribution in [0.1, 0.15) is 60.8 Å². The zero-order valence-corrected chi connectivity index (χ0v) is 11.8. The molecular weight excluding hydrogens is 200 g/mol. The molecule has 0 amide bonds. The van der Waals surface area contributed by atoms with Crippen LogP contribution in [0.25, 0.3) is 0 Å². The smallest absolute Gasteiger partial charge is 0.308 e. The summed E-state index contributed by atoms with van der Waals surface area (Å²) in [7, 11) is 0. The molecule has 2 heteroatoms. The van der Waals surface area contributed by atoms with Gasteiger partial charge < -0.3 is 4.74 Å². The van der Waals surface area contributed by atoms with E-state index in [2.05, 4.69) is 20.8 Å². The van der Waals surface area contributed by atoms with Crippen molar-refractivity contribution in [3.63, 3.8) is 0 Å². The zero-order chi connectivity index (χ0) is 12.8. The molecule has 0 aliphatic rings. The van der Waals surface area contributed by atoms with E-state index in [9.17, 15) is 4.79 Å². The molecule has 0 bridgehead atoms. The lowest BCUT2D eigenvalue weighted by Gasteiger charge is -2.18. The van der Waals surface area contributed by atoms with Gasteiger partial charge in [0.15, 0.2) is 0 Å². The molecule has 0 aromatic heterocycles. The quantitative estimate of drug-likeness (QED) is 0.506. The SMILES string of the molecule is CC(C)[C@H](C)C(=O)OCCCCC(C)(C)C. The van der Waals surface area contributed by atoms with Crippen molar-refractivity contribution in [2.75, 3.05) is 6.61 Å². The fraction of sp³-hybridized carbons (Fsp3) is 0.929. The summed E-state index contributed by atoms with van der Waals surface area (Å²) in [4.78, 5) is 11.5. The van der Waals surface area contributed by atoms with Crippen LogP contribution in [-0.4, -0.2) is 12.6 Å². The predicted molar refractivity (Wildman–Crippen MR) is 68.3 cm³/mol. The lowest BCUT2D eigenvalue weighted by atomic mass is 9.90. The van der Waals surface area contributed by atoms with Gasteiger partial charge in [-0.25, -0.2) is 0 Å². The maximum Gasteiger partial charge on any atom is 0.308 e. The zero-order valence-electron chi connectivity index (χ0n) is 11.8. The average molecular weight is 228 g/mol. The minimum atomic E-state index is -0.0502. The van der Waals surface area contributed by atoms with Crippen LogP contribution < -0.4 is 0 Å². The first-order valence-corrected chi connectivity index (χ1v) is 6.40. The van der Waals surface area contributed by atoms with Crippen LogP contribution in [0.2, 0.25) is 0 Å². The number of unbranched alkanes of at least 4 members (excludes halogenated alkanes) is 1. The van der Waals surface area contributed by atoms with Gasteiger partial charge in [-0.15, -0.1) is 0 Å². The van der Waals surface area contributed by atoms with E-state index in [-0.39, 0.29) is 11.9 Å². The van der Waals surface area contributed by atoms with Gasteiger partial charge in [-0.3, -0.25) is 4.79 Å². The summed E-state index contributed by atoms with van der Waals surface area (Å²) >= 11 is 0. The van der Waals surface area contributed by atoms with Crippen LogP contribution in [0.3, 0.4) is 0 Å². The number of rotatable bonds is 6. The van der Waals surface area contributed by atoms with Crippen molar-refractivity contribution in [2.45, 2.75) is 60.8 Å². The summed E-state index contributed by atoms with van der Waals surface area (Å²) in [6.45, 7) is 13.3. The molecule has 0 rings (SSSR count). The largest absolute Gasteiger partial charge is 0.465 e. The summed E-state index contributed by atoms with van der Waals surface area (Å²) in [5.74, 6) is 0.329. The van der Waals surface area contributed by atoms with E-state index >= 15 is 0 Å². The molecule has 0 saturated carbocycles. The molecule has 0 aromatic rings. The third kappa shape index (κ3) is 7.72. The molecule has 0 aromatic carbocycles. The molecule has 0 radical (unpaired) electrons. The van der Waals surface area contributed by atoms with Crippen LogP contribution in [0.15, 0.2) is 0 Å². The van der Waals surface area contributed by atoms with Gasteiger partial charge in [-0.1, -0.05) is 41.5 Å². The Labute approximate surface area is 101 Å². The van der Waals surface area contributed by atoms with E-state index < -0.39 is 0 Å². The number of esters is 1. The molecule has 0 fully saturated rings. The Morgan fingerprint density at radius 2 is 1.69 bits per heavy atom. The molecular formula is C14H28O2. The van der Waals surface area contributed by atoms with Gasteiger partial charge in [0, 0.05) is 0 Å².